The minimum atomic E-state index is -0.318. The number of benzene rings is 2. The zero-order valence-electron chi connectivity index (χ0n) is 12.9. The Balaban J connectivity index is 1.77. The van der Waals surface area contributed by atoms with Crippen LogP contribution in [0.2, 0.25) is 10.0 Å². The molecule has 0 saturated heterocycles. The molecule has 1 heterocycles. The van der Waals surface area contributed by atoms with Crippen LogP contribution in [0.3, 0.4) is 0 Å². The summed E-state index contributed by atoms with van der Waals surface area (Å²) in [6.45, 7) is 1.74. The molecular formula is C17H12Cl2FN3OS. The second-order valence-electron chi connectivity index (χ2n) is 5.18. The average Bonchev–Trinajstić information content (AvgIpc) is 2.89. The molecule has 8 heteroatoms. The molecule has 0 unspecified atom stereocenters. The topological polar surface area (TPSA) is 54.0 Å². The molecule has 2 N–H and O–H groups in total. The summed E-state index contributed by atoms with van der Waals surface area (Å²) in [6.07, 6.45) is 0. The van der Waals surface area contributed by atoms with Crippen LogP contribution in [0.25, 0.3) is 0 Å². The largest absolute Gasteiger partial charge is 0.332 e. The fourth-order valence-corrected chi connectivity index (χ4v) is 3.54. The lowest BCUT2D eigenvalue weighted by Gasteiger charge is -2.05. The molecule has 3 rings (SSSR count). The molecule has 0 saturated carbocycles. The van der Waals surface area contributed by atoms with Gasteiger partial charge < -0.3 is 10.6 Å². The van der Waals surface area contributed by atoms with Crippen molar-refractivity contribution in [1.29, 1.82) is 0 Å². The van der Waals surface area contributed by atoms with Crippen LogP contribution in [0.5, 0.6) is 0 Å². The van der Waals surface area contributed by atoms with Crippen LogP contribution in [0.15, 0.2) is 42.5 Å². The number of hydrogen-bond donors (Lipinski definition) is 2. The lowest BCUT2D eigenvalue weighted by molar-refractivity contribution is 0.103. The number of nitrogens with one attached hydrogen (secondary N) is 2. The Morgan fingerprint density at radius 1 is 1.08 bits per heavy atom. The van der Waals surface area contributed by atoms with Gasteiger partial charge in [0.05, 0.1) is 5.69 Å². The lowest BCUT2D eigenvalue weighted by atomic mass is 10.3. The third kappa shape index (κ3) is 4.48. The van der Waals surface area contributed by atoms with Crippen molar-refractivity contribution in [1.82, 2.24) is 4.98 Å². The highest BCUT2D eigenvalue weighted by molar-refractivity contribution is 7.17. The highest BCUT2D eigenvalue weighted by Gasteiger charge is 2.16. The maximum absolute atomic E-state index is 13.0. The van der Waals surface area contributed by atoms with E-state index in [4.69, 9.17) is 23.2 Å². The quantitative estimate of drug-likeness (QED) is 0.578. The van der Waals surface area contributed by atoms with Gasteiger partial charge in [-0.1, -0.05) is 34.5 Å². The van der Waals surface area contributed by atoms with Crippen molar-refractivity contribution in [2.75, 3.05) is 10.6 Å². The van der Waals surface area contributed by atoms with Crippen LogP contribution in [-0.2, 0) is 0 Å². The first kappa shape index (κ1) is 17.7. The first-order valence-corrected chi connectivity index (χ1v) is 8.75. The van der Waals surface area contributed by atoms with Crippen LogP contribution in [0.4, 0.5) is 20.9 Å². The standard InChI is InChI=1S/C17H12Cl2FN3OS/c1-9-15(16(24)22-14-7-10(18)6-11(19)8-14)25-17(21-9)23-13-4-2-12(20)3-5-13/h2-8H,1H3,(H,21,23)(H,22,24). The van der Waals surface area contributed by atoms with Gasteiger partial charge in [0.1, 0.15) is 10.7 Å². The van der Waals surface area contributed by atoms with Crippen LogP contribution < -0.4 is 10.6 Å². The van der Waals surface area contributed by atoms with Crippen molar-refractivity contribution in [2.24, 2.45) is 0 Å². The third-order valence-electron chi connectivity index (χ3n) is 3.22. The summed E-state index contributed by atoms with van der Waals surface area (Å²) in [4.78, 5) is 17.2. The van der Waals surface area contributed by atoms with Crippen LogP contribution in [0.1, 0.15) is 15.4 Å². The average molecular weight is 396 g/mol. The smallest absolute Gasteiger partial charge is 0.267 e. The Hall–Kier alpha value is -2.15. The fraction of sp³-hybridized carbons (Fsp3) is 0.0588. The van der Waals surface area contributed by atoms with Crippen molar-refractivity contribution in [2.45, 2.75) is 6.92 Å². The molecule has 0 atom stereocenters. The number of nitrogens with zero attached hydrogens (tertiary/aromatic N) is 1. The Morgan fingerprint density at radius 2 is 1.72 bits per heavy atom. The lowest BCUT2D eigenvalue weighted by Crippen LogP contribution is -2.11. The van der Waals surface area contributed by atoms with Gasteiger partial charge in [-0.15, -0.1) is 0 Å². The van der Waals surface area contributed by atoms with Gasteiger partial charge in [-0.25, -0.2) is 9.37 Å². The zero-order chi connectivity index (χ0) is 18.0. The van der Waals surface area contributed by atoms with E-state index in [2.05, 4.69) is 15.6 Å². The molecule has 0 radical (unpaired) electrons. The number of carbonyl (C=O) groups is 1. The molecule has 0 fully saturated rings. The predicted octanol–water partition coefficient (Wildman–Crippen LogP) is 5.89. The first-order valence-electron chi connectivity index (χ1n) is 7.18. The number of aryl methyl sites for hydroxylation is 1. The molecular weight excluding hydrogens is 384 g/mol. The van der Waals surface area contributed by atoms with Crippen molar-refractivity contribution < 1.29 is 9.18 Å². The third-order valence-corrected chi connectivity index (χ3v) is 4.73. The molecule has 1 aromatic heterocycles. The molecule has 0 spiro atoms. The highest BCUT2D eigenvalue weighted by atomic mass is 35.5. The normalized spacial score (nSPS) is 10.6. The van der Waals surface area contributed by atoms with Gasteiger partial charge in [-0.2, -0.15) is 0 Å². The molecule has 0 aliphatic carbocycles. The van der Waals surface area contributed by atoms with Gasteiger partial charge >= 0.3 is 0 Å². The SMILES string of the molecule is Cc1nc(Nc2ccc(F)cc2)sc1C(=O)Nc1cc(Cl)cc(Cl)c1. The number of halogens is 3. The Kier molecular flexibility index (Phi) is 5.22. The van der Waals surface area contributed by atoms with Gasteiger partial charge in [-0.3, -0.25) is 4.79 Å². The summed E-state index contributed by atoms with van der Waals surface area (Å²) in [6, 6.07) is 10.7. The van der Waals surface area contributed by atoms with E-state index in [0.29, 0.717) is 37.1 Å². The second-order valence-corrected chi connectivity index (χ2v) is 7.05. The number of hydrogen-bond acceptors (Lipinski definition) is 4. The zero-order valence-corrected chi connectivity index (χ0v) is 15.3. The molecule has 0 bridgehead atoms. The van der Waals surface area contributed by atoms with E-state index >= 15 is 0 Å². The molecule has 1 amide bonds. The molecule has 2 aromatic carbocycles. The van der Waals surface area contributed by atoms with E-state index in [1.165, 1.54) is 23.5 Å². The van der Waals surface area contributed by atoms with E-state index in [0.717, 1.165) is 0 Å². The van der Waals surface area contributed by atoms with E-state index in [1.54, 1.807) is 37.3 Å². The fourth-order valence-electron chi connectivity index (χ4n) is 2.13. The van der Waals surface area contributed by atoms with Gasteiger partial charge in [0.2, 0.25) is 0 Å². The number of anilines is 3. The predicted molar refractivity (Wildman–Crippen MR) is 101 cm³/mol. The Morgan fingerprint density at radius 3 is 2.36 bits per heavy atom. The van der Waals surface area contributed by atoms with E-state index in [-0.39, 0.29) is 11.7 Å². The van der Waals surface area contributed by atoms with Crippen molar-refractivity contribution in [3.05, 3.63) is 68.9 Å². The number of thiazole rings is 1. The van der Waals surface area contributed by atoms with Crippen molar-refractivity contribution in [3.63, 3.8) is 0 Å². The Bertz CT molecular complexity index is 908. The van der Waals surface area contributed by atoms with Crippen LogP contribution >= 0.6 is 34.5 Å². The van der Waals surface area contributed by atoms with Gasteiger partial charge in [0.15, 0.2) is 5.13 Å². The van der Waals surface area contributed by atoms with Crippen LogP contribution in [-0.4, -0.2) is 10.9 Å². The highest BCUT2D eigenvalue weighted by Crippen LogP contribution is 2.28. The molecule has 0 aliphatic rings. The number of carbonyl (C=O) groups excluding carboxylic acids is 1. The van der Waals surface area contributed by atoms with Gasteiger partial charge in [0, 0.05) is 21.4 Å². The van der Waals surface area contributed by atoms with E-state index in [9.17, 15) is 9.18 Å². The van der Waals surface area contributed by atoms with Crippen LogP contribution in [0, 0.1) is 12.7 Å². The van der Waals surface area contributed by atoms with Gasteiger partial charge in [0.25, 0.3) is 5.91 Å². The summed E-state index contributed by atoms with van der Waals surface area (Å²) in [5, 5.41) is 7.20. The first-order chi connectivity index (χ1) is 11.9. The van der Waals surface area contributed by atoms with Gasteiger partial charge in [-0.05, 0) is 49.4 Å². The van der Waals surface area contributed by atoms with Crippen molar-refractivity contribution >= 4 is 57.0 Å². The molecule has 3 aromatic rings. The number of amides is 1. The van der Waals surface area contributed by atoms with E-state index < -0.39 is 0 Å². The summed E-state index contributed by atoms with van der Waals surface area (Å²) in [5.74, 6) is -0.624. The second kappa shape index (κ2) is 7.39. The number of aromatic nitrogens is 1. The van der Waals surface area contributed by atoms with Crippen molar-refractivity contribution in [3.8, 4) is 0 Å². The maximum Gasteiger partial charge on any atom is 0.267 e. The maximum atomic E-state index is 13.0. The van der Waals surface area contributed by atoms with E-state index in [1.807, 2.05) is 0 Å². The minimum absolute atomic E-state index is 0.305. The summed E-state index contributed by atoms with van der Waals surface area (Å²) >= 11 is 13.1. The monoisotopic (exact) mass is 395 g/mol. The molecule has 128 valence electrons. The Labute approximate surface area is 157 Å². The molecule has 25 heavy (non-hydrogen) atoms. The summed E-state index contributed by atoms with van der Waals surface area (Å²) < 4.78 is 13.0. The summed E-state index contributed by atoms with van der Waals surface area (Å²) in [7, 11) is 0. The number of rotatable bonds is 4. The molecule has 0 aliphatic heterocycles. The molecule has 4 nitrogen and oxygen atoms in total. The minimum Gasteiger partial charge on any atom is -0.332 e. The summed E-state index contributed by atoms with van der Waals surface area (Å²) in [5.41, 5.74) is 1.77.